The second kappa shape index (κ2) is 8.88. The lowest BCUT2D eigenvalue weighted by atomic mass is 9.93. The Morgan fingerprint density at radius 2 is 1.75 bits per heavy atom. The number of unbranched alkanes of at least 4 members (excludes halogenated alkanes) is 1. The van der Waals surface area contributed by atoms with Gasteiger partial charge in [0, 0.05) is 12.5 Å². The van der Waals surface area contributed by atoms with Gasteiger partial charge in [0.15, 0.2) is 0 Å². The Kier molecular flexibility index (Phi) is 6.52. The van der Waals surface area contributed by atoms with Crippen LogP contribution < -0.4 is 0 Å². The summed E-state index contributed by atoms with van der Waals surface area (Å²) < 4.78 is 28.8. The van der Waals surface area contributed by atoms with Crippen LogP contribution in [0.5, 0.6) is 0 Å². The molecule has 5 nitrogen and oxygen atoms in total. The van der Waals surface area contributed by atoms with Crippen LogP contribution in [0.2, 0.25) is 5.02 Å². The summed E-state index contributed by atoms with van der Waals surface area (Å²) in [5.74, 6) is -0.00938. The fraction of sp³-hybridized carbons (Fsp3) is 0.333. The van der Waals surface area contributed by atoms with Gasteiger partial charge in [-0.3, -0.25) is 0 Å². The molecule has 0 fully saturated rings. The normalized spacial score (nSPS) is 12.8. The van der Waals surface area contributed by atoms with Gasteiger partial charge >= 0.3 is 0 Å². The van der Waals surface area contributed by atoms with Crippen molar-refractivity contribution in [2.75, 3.05) is 0 Å². The predicted molar refractivity (Wildman–Crippen MR) is 110 cm³/mol. The molecule has 0 saturated carbocycles. The van der Waals surface area contributed by atoms with Gasteiger partial charge in [-0.25, -0.2) is 8.42 Å². The first-order chi connectivity index (χ1) is 13.4. The molecule has 28 heavy (non-hydrogen) atoms. The van der Waals surface area contributed by atoms with E-state index in [4.69, 9.17) is 11.6 Å². The largest absolute Gasteiger partial charge is 0.320 e. The van der Waals surface area contributed by atoms with Crippen LogP contribution in [-0.2, 0) is 16.4 Å². The van der Waals surface area contributed by atoms with E-state index in [1.807, 2.05) is 23.6 Å². The highest BCUT2D eigenvalue weighted by Crippen LogP contribution is 2.37. The summed E-state index contributed by atoms with van der Waals surface area (Å²) >= 11 is 6.44. The summed E-state index contributed by atoms with van der Waals surface area (Å²) in [6, 6.07) is 12.2. The highest BCUT2D eigenvalue weighted by Gasteiger charge is 2.28. The van der Waals surface area contributed by atoms with Crippen molar-refractivity contribution in [3.8, 4) is 0 Å². The van der Waals surface area contributed by atoms with Gasteiger partial charge in [-0.05, 0) is 37.1 Å². The van der Waals surface area contributed by atoms with Gasteiger partial charge in [0.2, 0.25) is 9.84 Å². The van der Waals surface area contributed by atoms with Crippen LogP contribution >= 0.6 is 11.6 Å². The zero-order valence-corrected chi connectivity index (χ0v) is 17.6. The minimum absolute atomic E-state index is 0.00938. The molecule has 1 unspecified atom stereocenters. The van der Waals surface area contributed by atoms with Crippen LogP contribution in [0.1, 0.15) is 43.2 Å². The maximum Gasteiger partial charge on any atom is 0.208 e. The summed E-state index contributed by atoms with van der Waals surface area (Å²) in [5.41, 5.74) is 1.75. The van der Waals surface area contributed by atoms with Crippen LogP contribution in [0.15, 0.2) is 64.9 Å². The SMILES string of the molecule is CCCCC(Cn1cnnc1)c1cccc(Cl)c1S(=O)(=O)c1ccc(C)cc1. The van der Waals surface area contributed by atoms with Crippen LogP contribution in [0.25, 0.3) is 0 Å². The van der Waals surface area contributed by atoms with Crippen LogP contribution in [0, 0.1) is 6.92 Å². The van der Waals surface area contributed by atoms with Gasteiger partial charge in [-0.2, -0.15) is 0 Å². The van der Waals surface area contributed by atoms with E-state index in [2.05, 4.69) is 17.1 Å². The Labute approximate surface area is 171 Å². The molecule has 0 radical (unpaired) electrons. The Morgan fingerprint density at radius 3 is 2.39 bits per heavy atom. The molecule has 1 atom stereocenters. The van der Waals surface area contributed by atoms with Crippen molar-refractivity contribution in [3.63, 3.8) is 0 Å². The number of halogens is 1. The van der Waals surface area contributed by atoms with Crippen molar-refractivity contribution in [3.05, 3.63) is 71.3 Å². The molecule has 2 aromatic carbocycles. The van der Waals surface area contributed by atoms with E-state index in [-0.39, 0.29) is 20.7 Å². The quantitative estimate of drug-likeness (QED) is 0.514. The monoisotopic (exact) mass is 417 g/mol. The van der Waals surface area contributed by atoms with Gasteiger partial charge in [-0.15, -0.1) is 10.2 Å². The second-order valence-corrected chi connectivity index (χ2v) is 9.27. The number of hydrogen-bond acceptors (Lipinski definition) is 4. The van der Waals surface area contributed by atoms with Gasteiger partial charge < -0.3 is 4.57 Å². The minimum Gasteiger partial charge on any atom is -0.320 e. The van der Waals surface area contributed by atoms with Crippen LogP contribution in [0.3, 0.4) is 0 Å². The van der Waals surface area contributed by atoms with E-state index in [0.717, 1.165) is 30.4 Å². The van der Waals surface area contributed by atoms with Gasteiger partial charge in [0.05, 0.1) is 14.8 Å². The number of rotatable bonds is 8. The average molecular weight is 418 g/mol. The summed E-state index contributed by atoms with van der Waals surface area (Å²) in [4.78, 5) is 0.459. The molecule has 0 spiro atoms. The Morgan fingerprint density at radius 1 is 1.07 bits per heavy atom. The topological polar surface area (TPSA) is 64.8 Å². The molecule has 148 valence electrons. The third kappa shape index (κ3) is 4.45. The van der Waals surface area contributed by atoms with E-state index < -0.39 is 9.84 Å². The maximum atomic E-state index is 13.5. The molecule has 3 aromatic rings. The third-order valence-electron chi connectivity index (χ3n) is 4.84. The molecule has 0 saturated heterocycles. The molecule has 0 aliphatic heterocycles. The standard InChI is InChI=1S/C21H24ClN3O2S/c1-3-4-6-17(13-25-14-23-24-15-25)19-7-5-8-20(22)21(19)28(26,27)18-11-9-16(2)10-12-18/h5,7-12,14-15,17H,3-4,6,13H2,1-2H3. The molecule has 7 heteroatoms. The van der Waals surface area contributed by atoms with Crippen LogP contribution in [0.4, 0.5) is 0 Å². The van der Waals surface area contributed by atoms with Gasteiger partial charge in [0.25, 0.3) is 0 Å². The summed E-state index contributed by atoms with van der Waals surface area (Å²) in [7, 11) is -3.74. The van der Waals surface area contributed by atoms with Crippen molar-refractivity contribution in [1.29, 1.82) is 0 Å². The molecule has 0 bridgehead atoms. The molecule has 0 amide bonds. The van der Waals surface area contributed by atoms with Crippen molar-refractivity contribution in [1.82, 2.24) is 14.8 Å². The van der Waals surface area contributed by atoms with Gasteiger partial charge in [0.1, 0.15) is 12.7 Å². The average Bonchev–Trinajstić information content (AvgIpc) is 3.18. The Bertz CT molecular complexity index is 1020. The maximum absolute atomic E-state index is 13.5. The summed E-state index contributed by atoms with van der Waals surface area (Å²) in [6.07, 6.45) is 6.17. The number of nitrogens with zero attached hydrogens (tertiary/aromatic N) is 3. The highest BCUT2D eigenvalue weighted by atomic mass is 35.5. The van der Waals surface area contributed by atoms with E-state index in [0.29, 0.717) is 6.54 Å². The molecule has 1 aromatic heterocycles. The first-order valence-electron chi connectivity index (χ1n) is 9.36. The van der Waals surface area contributed by atoms with E-state index in [9.17, 15) is 8.42 Å². The molecular weight excluding hydrogens is 394 g/mol. The predicted octanol–water partition coefficient (Wildman–Crippen LogP) is 5.05. The fourth-order valence-corrected chi connectivity index (χ4v) is 5.42. The number of aryl methyl sites for hydroxylation is 1. The lowest BCUT2D eigenvalue weighted by molar-refractivity contribution is 0.496. The first-order valence-corrected chi connectivity index (χ1v) is 11.2. The lowest BCUT2D eigenvalue weighted by Gasteiger charge is -2.22. The highest BCUT2D eigenvalue weighted by molar-refractivity contribution is 7.91. The fourth-order valence-electron chi connectivity index (χ4n) is 3.33. The summed E-state index contributed by atoms with van der Waals surface area (Å²) in [5, 5.41) is 7.98. The first kappa shape index (κ1) is 20.6. The Balaban J connectivity index is 2.10. The molecule has 0 aliphatic rings. The number of aromatic nitrogens is 3. The van der Waals surface area contributed by atoms with Crippen molar-refractivity contribution >= 4 is 21.4 Å². The number of hydrogen-bond donors (Lipinski definition) is 0. The minimum atomic E-state index is -3.74. The molecule has 0 N–H and O–H groups in total. The summed E-state index contributed by atoms with van der Waals surface area (Å²) in [6.45, 7) is 4.65. The van der Waals surface area contributed by atoms with E-state index in [1.54, 1.807) is 43.0 Å². The third-order valence-corrected chi connectivity index (χ3v) is 7.15. The van der Waals surface area contributed by atoms with Crippen molar-refractivity contribution in [2.24, 2.45) is 0 Å². The number of sulfone groups is 1. The van der Waals surface area contributed by atoms with Gasteiger partial charge in [-0.1, -0.05) is 61.2 Å². The molecular formula is C21H24ClN3O2S. The molecule has 0 aliphatic carbocycles. The molecule has 3 rings (SSSR count). The zero-order valence-electron chi connectivity index (χ0n) is 16.0. The van der Waals surface area contributed by atoms with E-state index in [1.165, 1.54) is 0 Å². The molecule has 1 heterocycles. The van der Waals surface area contributed by atoms with Crippen molar-refractivity contribution in [2.45, 2.75) is 55.4 Å². The van der Waals surface area contributed by atoms with E-state index >= 15 is 0 Å². The van der Waals surface area contributed by atoms with Crippen LogP contribution in [-0.4, -0.2) is 23.2 Å². The Hall–Kier alpha value is -2.18. The number of benzene rings is 2. The lowest BCUT2D eigenvalue weighted by Crippen LogP contribution is -2.14. The zero-order chi connectivity index (χ0) is 20.1. The smallest absolute Gasteiger partial charge is 0.208 e. The second-order valence-electron chi connectivity index (χ2n) is 6.97. The van der Waals surface area contributed by atoms with Crippen molar-refractivity contribution < 1.29 is 8.42 Å².